The maximum Gasteiger partial charge on any atom is 0.191 e. The molecule has 0 radical (unpaired) electrons. The van der Waals surface area contributed by atoms with Crippen LogP contribution < -0.4 is 5.43 Å². The number of nitrogens with one attached hydrogen (secondary N) is 1. The van der Waals surface area contributed by atoms with E-state index in [0.29, 0.717) is 27.4 Å². The van der Waals surface area contributed by atoms with E-state index in [2.05, 4.69) is 21.0 Å². The molecule has 0 unspecified atom stereocenters. The normalized spacial score (nSPS) is 10.7. The lowest BCUT2D eigenvalue weighted by atomic mass is 9.97. The standard InChI is InChI=1S/C21H13ClN4O/c1-12-7-15(9-19(22)25-12)16-10-17-18(27)5-6-24-21(17)26-20(16)14-4-2-3-13(8-14)11-23/h2-10H,1H3,(H,24,26,27). The molecule has 0 bridgehead atoms. The Balaban J connectivity index is 2.09. The van der Waals surface area contributed by atoms with Crippen molar-refractivity contribution in [1.82, 2.24) is 15.0 Å². The first-order valence-corrected chi connectivity index (χ1v) is 8.60. The lowest BCUT2D eigenvalue weighted by Gasteiger charge is -2.12. The summed E-state index contributed by atoms with van der Waals surface area (Å²) in [5.41, 5.74) is 4.66. The van der Waals surface area contributed by atoms with E-state index in [1.54, 1.807) is 30.5 Å². The van der Waals surface area contributed by atoms with Crippen molar-refractivity contribution in [2.45, 2.75) is 6.92 Å². The third-order valence-electron chi connectivity index (χ3n) is 4.24. The summed E-state index contributed by atoms with van der Waals surface area (Å²) >= 11 is 6.15. The van der Waals surface area contributed by atoms with Crippen molar-refractivity contribution in [1.29, 1.82) is 5.26 Å². The molecule has 0 aliphatic carbocycles. The lowest BCUT2D eigenvalue weighted by Crippen LogP contribution is -2.03. The number of pyridine rings is 3. The van der Waals surface area contributed by atoms with Gasteiger partial charge in [0, 0.05) is 29.1 Å². The van der Waals surface area contributed by atoms with Crippen LogP contribution in [0.15, 0.2) is 59.5 Å². The smallest absolute Gasteiger partial charge is 0.191 e. The Bertz CT molecular complexity index is 1270. The molecular formula is C21H13ClN4O. The first-order valence-electron chi connectivity index (χ1n) is 8.23. The minimum atomic E-state index is -0.119. The van der Waals surface area contributed by atoms with Gasteiger partial charge in [0.05, 0.1) is 22.7 Å². The van der Waals surface area contributed by atoms with E-state index >= 15 is 0 Å². The Hall–Kier alpha value is -3.49. The second-order valence-corrected chi connectivity index (χ2v) is 6.52. The van der Waals surface area contributed by atoms with Crippen LogP contribution in [0.3, 0.4) is 0 Å². The van der Waals surface area contributed by atoms with Crippen LogP contribution in [-0.4, -0.2) is 15.0 Å². The average molecular weight is 373 g/mol. The van der Waals surface area contributed by atoms with Gasteiger partial charge in [-0.3, -0.25) is 4.79 Å². The fraction of sp³-hybridized carbons (Fsp3) is 0.0476. The maximum absolute atomic E-state index is 12.3. The number of aryl methyl sites for hydroxylation is 1. The molecule has 5 nitrogen and oxygen atoms in total. The molecule has 0 aliphatic rings. The zero-order chi connectivity index (χ0) is 19.0. The number of halogens is 1. The summed E-state index contributed by atoms with van der Waals surface area (Å²) in [5, 5.41) is 10.1. The minimum absolute atomic E-state index is 0.119. The molecule has 4 rings (SSSR count). The van der Waals surface area contributed by atoms with E-state index in [9.17, 15) is 10.1 Å². The van der Waals surface area contributed by atoms with Crippen LogP contribution in [0.5, 0.6) is 0 Å². The highest BCUT2D eigenvalue weighted by atomic mass is 35.5. The van der Waals surface area contributed by atoms with Crippen LogP contribution in [0, 0.1) is 18.3 Å². The van der Waals surface area contributed by atoms with Gasteiger partial charge >= 0.3 is 0 Å². The molecule has 0 amide bonds. The van der Waals surface area contributed by atoms with Gasteiger partial charge < -0.3 is 4.98 Å². The molecule has 1 N–H and O–H groups in total. The van der Waals surface area contributed by atoms with Crippen LogP contribution in [0.4, 0.5) is 0 Å². The second kappa shape index (κ2) is 6.67. The van der Waals surface area contributed by atoms with Crippen molar-refractivity contribution < 1.29 is 0 Å². The number of nitriles is 1. The van der Waals surface area contributed by atoms with Gasteiger partial charge in [0.2, 0.25) is 0 Å². The first kappa shape index (κ1) is 17.0. The Kier molecular flexibility index (Phi) is 4.19. The van der Waals surface area contributed by atoms with Crippen molar-refractivity contribution in [2.24, 2.45) is 0 Å². The summed E-state index contributed by atoms with van der Waals surface area (Å²) in [7, 11) is 0. The van der Waals surface area contributed by atoms with Gasteiger partial charge in [-0.25, -0.2) is 9.97 Å². The van der Waals surface area contributed by atoms with Crippen molar-refractivity contribution >= 4 is 22.6 Å². The Morgan fingerprint density at radius 1 is 1.07 bits per heavy atom. The Morgan fingerprint density at radius 2 is 1.93 bits per heavy atom. The summed E-state index contributed by atoms with van der Waals surface area (Å²) in [5.74, 6) is 0. The third kappa shape index (κ3) is 3.19. The van der Waals surface area contributed by atoms with Crippen molar-refractivity contribution in [3.05, 3.63) is 81.4 Å². The molecule has 130 valence electrons. The van der Waals surface area contributed by atoms with E-state index in [0.717, 1.165) is 22.4 Å². The zero-order valence-electron chi connectivity index (χ0n) is 14.3. The van der Waals surface area contributed by atoms with Crippen LogP contribution >= 0.6 is 11.6 Å². The average Bonchev–Trinajstić information content (AvgIpc) is 2.67. The highest BCUT2D eigenvalue weighted by Crippen LogP contribution is 2.33. The molecule has 27 heavy (non-hydrogen) atoms. The predicted molar refractivity (Wildman–Crippen MR) is 105 cm³/mol. The van der Waals surface area contributed by atoms with Gasteiger partial charge in [-0.1, -0.05) is 23.7 Å². The molecule has 0 saturated heterocycles. The molecular weight excluding hydrogens is 360 g/mol. The number of fused-ring (bicyclic) bond motifs is 1. The van der Waals surface area contributed by atoms with Gasteiger partial charge in [-0.2, -0.15) is 5.26 Å². The molecule has 1 aromatic carbocycles. The topological polar surface area (TPSA) is 82.4 Å². The summed E-state index contributed by atoms with van der Waals surface area (Å²) < 4.78 is 0. The number of H-pyrrole nitrogens is 1. The first-order chi connectivity index (χ1) is 13.0. The molecule has 4 aromatic rings. The van der Waals surface area contributed by atoms with Crippen molar-refractivity contribution in [3.63, 3.8) is 0 Å². The van der Waals surface area contributed by atoms with Gasteiger partial charge in [0.15, 0.2) is 5.43 Å². The zero-order valence-corrected chi connectivity index (χ0v) is 15.1. The molecule has 0 saturated carbocycles. The molecule has 6 heteroatoms. The van der Waals surface area contributed by atoms with Crippen LogP contribution in [0.25, 0.3) is 33.4 Å². The van der Waals surface area contributed by atoms with E-state index in [-0.39, 0.29) is 5.43 Å². The molecule has 0 atom stereocenters. The second-order valence-electron chi connectivity index (χ2n) is 6.14. The van der Waals surface area contributed by atoms with Gasteiger partial charge in [0.1, 0.15) is 10.8 Å². The summed E-state index contributed by atoms with van der Waals surface area (Å²) in [6, 6.07) is 16.3. The quantitative estimate of drug-likeness (QED) is 0.526. The monoisotopic (exact) mass is 372 g/mol. The SMILES string of the molecule is Cc1cc(-c2cc3c(=O)cc[nH]c3nc2-c2cccc(C#N)c2)cc(Cl)n1. The van der Waals surface area contributed by atoms with E-state index < -0.39 is 0 Å². The molecule has 0 spiro atoms. The Morgan fingerprint density at radius 3 is 2.70 bits per heavy atom. The molecule has 3 aromatic heterocycles. The summed E-state index contributed by atoms with van der Waals surface area (Å²) in [6.45, 7) is 1.85. The number of aromatic nitrogens is 3. The number of rotatable bonds is 2. The predicted octanol–water partition coefficient (Wildman–Crippen LogP) is 4.49. The largest absolute Gasteiger partial charge is 0.346 e. The third-order valence-corrected chi connectivity index (χ3v) is 4.43. The van der Waals surface area contributed by atoms with Crippen molar-refractivity contribution in [2.75, 3.05) is 0 Å². The van der Waals surface area contributed by atoms with Crippen LogP contribution in [-0.2, 0) is 0 Å². The highest BCUT2D eigenvalue weighted by Gasteiger charge is 2.14. The van der Waals surface area contributed by atoms with Crippen LogP contribution in [0.2, 0.25) is 5.15 Å². The molecule has 3 heterocycles. The van der Waals surface area contributed by atoms with Gasteiger partial charge in [0.25, 0.3) is 0 Å². The highest BCUT2D eigenvalue weighted by molar-refractivity contribution is 6.29. The lowest BCUT2D eigenvalue weighted by molar-refractivity contribution is 1.20. The fourth-order valence-electron chi connectivity index (χ4n) is 3.06. The van der Waals surface area contributed by atoms with Gasteiger partial charge in [-0.05, 0) is 42.8 Å². The summed E-state index contributed by atoms with van der Waals surface area (Å²) in [6.07, 6.45) is 1.57. The summed E-state index contributed by atoms with van der Waals surface area (Å²) in [4.78, 5) is 24.2. The molecule has 0 aliphatic heterocycles. The number of benzene rings is 1. The number of hydrogen-bond acceptors (Lipinski definition) is 4. The number of aromatic amines is 1. The van der Waals surface area contributed by atoms with E-state index in [4.69, 9.17) is 11.6 Å². The maximum atomic E-state index is 12.3. The Labute approximate surface area is 159 Å². The number of nitrogens with zero attached hydrogens (tertiary/aromatic N) is 3. The van der Waals surface area contributed by atoms with E-state index in [1.165, 1.54) is 6.07 Å². The van der Waals surface area contributed by atoms with Gasteiger partial charge in [-0.15, -0.1) is 0 Å². The number of hydrogen-bond donors (Lipinski definition) is 1. The van der Waals surface area contributed by atoms with E-state index in [1.807, 2.05) is 25.1 Å². The molecule has 0 fully saturated rings. The van der Waals surface area contributed by atoms with Crippen LogP contribution in [0.1, 0.15) is 11.3 Å². The van der Waals surface area contributed by atoms with Crippen molar-refractivity contribution in [3.8, 4) is 28.5 Å². The fourth-order valence-corrected chi connectivity index (χ4v) is 3.31. The minimum Gasteiger partial charge on any atom is -0.346 e.